The van der Waals surface area contributed by atoms with Crippen molar-refractivity contribution in [3.8, 4) is 11.3 Å². The number of hydrazone groups is 1. The third-order valence-corrected chi connectivity index (χ3v) is 4.22. The molecular weight excluding hydrogens is 358 g/mol. The van der Waals surface area contributed by atoms with E-state index in [2.05, 4.69) is 10.5 Å². The van der Waals surface area contributed by atoms with Crippen LogP contribution in [0.4, 0.5) is 5.69 Å². The summed E-state index contributed by atoms with van der Waals surface area (Å²) in [6.07, 6.45) is 1.66. The molecular formula is C21H19N3O4. The zero-order valence-electron chi connectivity index (χ0n) is 15.5. The second-order valence-electron chi connectivity index (χ2n) is 6.41. The Labute approximate surface area is 161 Å². The molecule has 0 saturated carbocycles. The van der Waals surface area contributed by atoms with E-state index in [1.165, 1.54) is 18.3 Å². The third kappa shape index (κ3) is 4.70. The molecule has 7 nitrogen and oxygen atoms in total. The van der Waals surface area contributed by atoms with E-state index in [0.717, 1.165) is 16.7 Å². The summed E-state index contributed by atoms with van der Waals surface area (Å²) in [5.41, 5.74) is 6.39. The van der Waals surface area contributed by atoms with E-state index in [9.17, 15) is 14.9 Å². The fourth-order valence-corrected chi connectivity index (χ4v) is 2.75. The first kappa shape index (κ1) is 19.0. The summed E-state index contributed by atoms with van der Waals surface area (Å²) in [6, 6.07) is 15.5. The number of non-ortho nitro benzene ring substituents is 1. The summed E-state index contributed by atoms with van der Waals surface area (Å²) in [7, 11) is 0. The summed E-state index contributed by atoms with van der Waals surface area (Å²) in [6.45, 7) is 3.98. The lowest BCUT2D eigenvalue weighted by Crippen LogP contribution is -2.20. The number of benzene rings is 2. The zero-order chi connectivity index (χ0) is 20.1. The van der Waals surface area contributed by atoms with Gasteiger partial charge in [0.25, 0.3) is 5.69 Å². The molecule has 0 fully saturated rings. The van der Waals surface area contributed by atoms with Gasteiger partial charge in [0.15, 0.2) is 0 Å². The number of nitro groups is 1. The fourth-order valence-electron chi connectivity index (χ4n) is 2.75. The van der Waals surface area contributed by atoms with E-state index in [0.29, 0.717) is 17.1 Å². The van der Waals surface area contributed by atoms with Crippen molar-refractivity contribution in [1.29, 1.82) is 0 Å². The van der Waals surface area contributed by atoms with Crippen molar-refractivity contribution in [3.05, 3.63) is 87.2 Å². The minimum atomic E-state index is -0.454. The smallest absolute Gasteiger partial charge is 0.269 e. The molecule has 0 aliphatic heterocycles. The van der Waals surface area contributed by atoms with Crippen molar-refractivity contribution in [3.63, 3.8) is 0 Å². The fraction of sp³-hybridized carbons (Fsp3) is 0.143. The van der Waals surface area contributed by atoms with Gasteiger partial charge in [-0.1, -0.05) is 23.8 Å². The van der Waals surface area contributed by atoms with Gasteiger partial charge in [0.1, 0.15) is 11.5 Å². The summed E-state index contributed by atoms with van der Waals surface area (Å²) in [5.74, 6) is 0.795. The van der Waals surface area contributed by atoms with E-state index < -0.39 is 4.92 Å². The lowest BCUT2D eigenvalue weighted by Gasteiger charge is -2.05. The first-order valence-corrected chi connectivity index (χ1v) is 8.65. The minimum absolute atomic E-state index is 0.0172. The molecule has 1 amide bonds. The average molecular weight is 377 g/mol. The van der Waals surface area contributed by atoms with Crippen LogP contribution in [0.1, 0.15) is 22.5 Å². The van der Waals surface area contributed by atoms with Gasteiger partial charge in [0, 0.05) is 17.7 Å². The molecule has 3 rings (SSSR count). The molecule has 142 valence electrons. The van der Waals surface area contributed by atoms with Crippen LogP contribution in [-0.2, 0) is 11.2 Å². The van der Waals surface area contributed by atoms with Crippen molar-refractivity contribution < 1.29 is 14.1 Å². The topological polar surface area (TPSA) is 97.7 Å². The monoisotopic (exact) mass is 377 g/mol. The molecule has 0 bridgehead atoms. The molecule has 1 aromatic heterocycles. The van der Waals surface area contributed by atoms with E-state index in [4.69, 9.17) is 4.42 Å². The van der Waals surface area contributed by atoms with Gasteiger partial charge in [0.2, 0.25) is 5.91 Å². The number of amides is 1. The molecule has 1 heterocycles. The first-order chi connectivity index (χ1) is 13.4. The molecule has 0 spiro atoms. The van der Waals surface area contributed by atoms with E-state index >= 15 is 0 Å². The number of nitro benzene ring substituents is 1. The molecule has 28 heavy (non-hydrogen) atoms. The van der Waals surface area contributed by atoms with Crippen LogP contribution in [-0.4, -0.2) is 17.0 Å². The van der Waals surface area contributed by atoms with Crippen LogP contribution in [0.25, 0.3) is 11.3 Å². The molecule has 0 radical (unpaired) electrons. The van der Waals surface area contributed by atoms with Gasteiger partial charge in [0.05, 0.1) is 17.6 Å². The Hall–Kier alpha value is -3.74. The number of hydrogen-bond donors (Lipinski definition) is 1. The number of aryl methyl sites for hydroxylation is 2. The Balaban J connectivity index is 1.59. The second kappa shape index (κ2) is 8.30. The van der Waals surface area contributed by atoms with Crippen molar-refractivity contribution >= 4 is 17.8 Å². The average Bonchev–Trinajstić information content (AvgIpc) is 3.13. The molecule has 1 N–H and O–H groups in total. The highest BCUT2D eigenvalue weighted by molar-refractivity contribution is 5.82. The van der Waals surface area contributed by atoms with Crippen LogP contribution in [0.3, 0.4) is 0 Å². The zero-order valence-corrected chi connectivity index (χ0v) is 15.5. The second-order valence-corrected chi connectivity index (χ2v) is 6.41. The molecule has 3 aromatic rings. The number of nitrogens with zero attached hydrogens (tertiary/aromatic N) is 2. The summed E-state index contributed by atoms with van der Waals surface area (Å²) in [5, 5.41) is 14.6. The summed E-state index contributed by atoms with van der Waals surface area (Å²) in [4.78, 5) is 22.3. The largest absolute Gasteiger partial charge is 0.455 e. The van der Waals surface area contributed by atoms with Crippen LogP contribution in [0, 0.1) is 24.0 Å². The Morgan fingerprint density at radius 1 is 1.14 bits per heavy atom. The van der Waals surface area contributed by atoms with Crippen LogP contribution in [0.2, 0.25) is 0 Å². The van der Waals surface area contributed by atoms with E-state index in [1.54, 1.807) is 24.3 Å². The number of carbonyl (C=O) groups excluding carboxylic acids is 1. The highest BCUT2D eigenvalue weighted by Crippen LogP contribution is 2.24. The van der Waals surface area contributed by atoms with Crippen LogP contribution in [0.5, 0.6) is 0 Å². The molecule has 0 unspecified atom stereocenters. The predicted octanol–water partition coefficient (Wildman–Crippen LogP) is 4.16. The Bertz CT molecular complexity index is 1040. The van der Waals surface area contributed by atoms with Crippen molar-refractivity contribution in [1.82, 2.24) is 5.43 Å². The molecule has 0 atom stereocenters. The van der Waals surface area contributed by atoms with Gasteiger partial charge in [-0.3, -0.25) is 14.9 Å². The molecule has 7 heteroatoms. The number of rotatable bonds is 6. The molecule has 0 aliphatic carbocycles. The Morgan fingerprint density at radius 2 is 1.89 bits per heavy atom. The lowest BCUT2D eigenvalue weighted by molar-refractivity contribution is -0.384. The highest BCUT2D eigenvalue weighted by atomic mass is 16.6. The predicted molar refractivity (Wildman–Crippen MR) is 106 cm³/mol. The van der Waals surface area contributed by atoms with Gasteiger partial charge < -0.3 is 4.42 Å². The normalized spacial score (nSPS) is 10.9. The summed E-state index contributed by atoms with van der Waals surface area (Å²) >= 11 is 0. The maximum atomic E-state index is 12.0. The van der Waals surface area contributed by atoms with Crippen molar-refractivity contribution in [2.75, 3.05) is 0 Å². The van der Waals surface area contributed by atoms with Gasteiger partial charge in [-0.15, -0.1) is 0 Å². The molecule has 0 saturated heterocycles. The van der Waals surface area contributed by atoms with Gasteiger partial charge in [-0.05, 0) is 49.2 Å². The first-order valence-electron chi connectivity index (χ1n) is 8.65. The van der Waals surface area contributed by atoms with Gasteiger partial charge in [-0.2, -0.15) is 5.10 Å². The van der Waals surface area contributed by atoms with Crippen LogP contribution < -0.4 is 5.43 Å². The third-order valence-electron chi connectivity index (χ3n) is 4.22. The Morgan fingerprint density at radius 3 is 2.57 bits per heavy atom. The number of hydrogen-bond acceptors (Lipinski definition) is 5. The maximum Gasteiger partial charge on any atom is 0.269 e. The number of carbonyl (C=O) groups is 1. The van der Waals surface area contributed by atoms with Crippen molar-refractivity contribution in [2.45, 2.75) is 20.3 Å². The van der Waals surface area contributed by atoms with Gasteiger partial charge >= 0.3 is 0 Å². The minimum Gasteiger partial charge on any atom is -0.455 e. The van der Waals surface area contributed by atoms with Crippen LogP contribution >= 0.6 is 0 Å². The highest BCUT2D eigenvalue weighted by Gasteiger charge is 2.08. The standard InChI is InChI=1S/C21H19N3O4/c1-14-3-4-17(15(2)11-14)12-21(25)23-22-13-19-9-10-20(28-19)16-5-7-18(8-6-16)24(26)27/h3-11,13H,12H2,1-2H3,(H,23,25)/b22-13+. The quantitative estimate of drug-likeness (QED) is 0.396. The summed E-state index contributed by atoms with van der Waals surface area (Å²) < 4.78 is 5.63. The number of nitrogens with one attached hydrogen (secondary N) is 1. The van der Waals surface area contributed by atoms with E-state index in [-0.39, 0.29) is 18.0 Å². The lowest BCUT2D eigenvalue weighted by atomic mass is 10.0. The van der Waals surface area contributed by atoms with Gasteiger partial charge in [-0.25, -0.2) is 5.43 Å². The van der Waals surface area contributed by atoms with E-state index in [1.807, 2.05) is 32.0 Å². The maximum absolute atomic E-state index is 12.0. The van der Waals surface area contributed by atoms with Crippen LogP contribution in [0.15, 0.2) is 64.1 Å². The Kier molecular flexibility index (Phi) is 5.64. The number of furan rings is 1. The molecule has 0 aliphatic rings. The molecule has 2 aromatic carbocycles. The SMILES string of the molecule is Cc1ccc(CC(=O)N/N=C/c2ccc(-c3ccc([N+](=O)[O-])cc3)o2)c(C)c1. The van der Waals surface area contributed by atoms with Crippen molar-refractivity contribution in [2.24, 2.45) is 5.10 Å².